The van der Waals surface area contributed by atoms with Crippen LogP contribution in [0.1, 0.15) is 16.8 Å². The third-order valence-electron chi connectivity index (χ3n) is 4.07. The molecule has 0 bridgehead atoms. The van der Waals surface area contributed by atoms with Crippen molar-refractivity contribution >= 4 is 18.0 Å². The molecule has 0 fully saturated rings. The number of carbonyl (C=O) groups excluding carboxylic acids is 1. The molecule has 0 aliphatic carbocycles. The molecule has 6 heteroatoms. The number of carbonyl (C=O) groups is 2. The molecule has 1 atom stereocenters. The first-order chi connectivity index (χ1) is 11.1. The Morgan fingerprint density at radius 3 is 2.65 bits per heavy atom. The molecule has 1 aromatic heterocycles. The number of rotatable bonds is 3. The number of carboxylic acid groups (broad SMARTS) is 1. The number of fused-ring (bicyclic) bond motifs is 1. The van der Waals surface area contributed by atoms with E-state index in [1.165, 1.54) is 11.0 Å². The fraction of sp³-hybridized carbons (Fsp3) is 0.235. The van der Waals surface area contributed by atoms with Gasteiger partial charge in [0.15, 0.2) is 0 Å². The molecule has 1 aromatic carbocycles. The quantitative estimate of drug-likeness (QED) is 0.871. The van der Waals surface area contributed by atoms with Crippen LogP contribution in [0, 0.1) is 0 Å². The fourth-order valence-electron chi connectivity index (χ4n) is 2.78. The summed E-state index contributed by atoms with van der Waals surface area (Å²) in [5.74, 6) is -1.30. The number of carboxylic acids is 1. The Balaban J connectivity index is 1.85. The standard InChI is InChI=1S/C17H17N3O3/c1-19-14(8-9-18-19)6-7-16(21)20-11-13-5-3-2-4-12(13)10-15(20)17(22)23/h2-9,15H,10-11H2,1H3,(H,22,23). The summed E-state index contributed by atoms with van der Waals surface area (Å²) in [5.41, 5.74) is 2.76. The Labute approximate surface area is 133 Å². The summed E-state index contributed by atoms with van der Waals surface area (Å²) in [6.07, 6.45) is 5.02. The van der Waals surface area contributed by atoms with Crippen molar-refractivity contribution in [3.8, 4) is 0 Å². The van der Waals surface area contributed by atoms with Gasteiger partial charge in [0, 0.05) is 32.3 Å². The number of hydrogen-bond donors (Lipinski definition) is 1. The predicted molar refractivity (Wildman–Crippen MR) is 84.4 cm³/mol. The molecule has 0 saturated carbocycles. The molecule has 0 spiro atoms. The zero-order valence-corrected chi connectivity index (χ0v) is 12.7. The fourth-order valence-corrected chi connectivity index (χ4v) is 2.78. The molecule has 1 aliphatic heterocycles. The first-order valence-electron chi connectivity index (χ1n) is 7.32. The number of aliphatic carboxylic acids is 1. The Morgan fingerprint density at radius 2 is 2.00 bits per heavy atom. The molecule has 1 amide bonds. The van der Waals surface area contributed by atoms with Gasteiger partial charge in [-0.3, -0.25) is 9.48 Å². The van der Waals surface area contributed by atoms with Crippen molar-refractivity contribution in [3.05, 3.63) is 59.4 Å². The summed E-state index contributed by atoms with van der Waals surface area (Å²) in [7, 11) is 1.78. The highest BCUT2D eigenvalue weighted by molar-refractivity contribution is 5.94. The molecular weight excluding hydrogens is 294 g/mol. The van der Waals surface area contributed by atoms with Crippen molar-refractivity contribution in [1.29, 1.82) is 0 Å². The zero-order valence-electron chi connectivity index (χ0n) is 12.7. The van der Waals surface area contributed by atoms with Gasteiger partial charge in [0.1, 0.15) is 6.04 Å². The van der Waals surface area contributed by atoms with Crippen molar-refractivity contribution in [2.75, 3.05) is 0 Å². The smallest absolute Gasteiger partial charge is 0.326 e. The molecule has 0 saturated heterocycles. The number of benzene rings is 1. The lowest BCUT2D eigenvalue weighted by Crippen LogP contribution is -2.48. The van der Waals surface area contributed by atoms with Crippen LogP contribution in [0.2, 0.25) is 0 Å². The minimum Gasteiger partial charge on any atom is -0.480 e. The highest BCUT2D eigenvalue weighted by atomic mass is 16.4. The maximum atomic E-state index is 12.5. The number of hydrogen-bond acceptors (Lipinski definition) is 3. The topological polar surface area (TPSA) is 75.4 Å². The average molecular weight is 311 g/mol. The Morgan fingerprint density at radius 1 is 1.26 bits per heavy atom. The van der Waals surface area contributed by atoms with Gasteiger partial charge in [-0.15, -0.1) is 0 Å². The second kappa shape index (κ2) is 6.08. The summed E-state index contributed by atoms with van der Waals surface area (Å²) in [5, 5.41) is 13.5. The van der Waals surface area contributed by atoms with E-state index in [2.05, 4.69) is 5.10 Å². The predicted octanol–water partition coefficient (Wildman–Crippen LogP) is 1.47. The molecular formula is C17H17N3O3. The highest BCUT2D eigenvalue weighted by Crippen LogP contribution is 2.24. The Hall–Kier alpha value is -2.89. The molecule has 1 aliphatic rings. The second-order valence-corrected chi connectivity index (χ2v) is 5.51. The zero-order chi connectivity index (χ0) is 16.4. The monoisotopic (exact) mass is 311 g/mol. The number of nitrogens with zero attached hydrogens (tertiary/aromatic N) is 3. The minimum absolute atomic E-state index is 0.307. The van der Waals surface area contributed by atoms with Crippen LogP contribution in [-0.4, -0.2) is 37.7 Å². The average Bonchev–Trinajstić information content (AvgIpc) is 2.96. The molecule has 3 rings (SSSR count). The molecule has 118 valence electrons. The van der Waals surface area contributed by atoms with Gasteiger partial charge < -0.3 is 10.0 Å². The molecule has 6 nitrogen and oxygen atoms in total. The van der Waals surface area contributed by atoms with Gasteiger partial charge >= 0.3 is 5.97 Å². The summed E-state index contributed by atoms with van der Waals surface area (Å²) in [6.45, 7) is 0.307. The van der Waals surface area contributed by atoms with Crippen LogP contribution >= 0.6 is 0 Å². The van der Waals surface area contributed by atoms with E-state index in [9.17, 15) is 14.7 Å². The molecule has 1 N–H and O–H groups in total. The third kappa shape index (κ3) is 3.01. The van der Waals surface area contributed by atoms with Crippen molar-refractivity contribution in [2.45, 2.75) is 19.0 Å². The lowest BCUT2D eigenvalue weighted by molar-refractivity contribution is -0.149. The van der Waals surface area contributed by atoms with E-state index < -0.39 is 12.0 Å². The van der Waals surface area contributed by atoms with Crippen LogP contribution in [0.3, 0.4) is 0 Å². The van der Waals surface area contributed by atoms with Crippen molar-refractivity contribution in [2.24, 2.45) is 7.05 Å². The van der Waals surface area contributed by atoms with Crippen LogP contribution < -0.4 is 0 Å². The summed E-state index contributed by atoms with van der Waals surface area (Å²) in [4.78, 5) is 25.4. The summed E-state index contributed by atoms with van der Waals surface area (Å²) < 4.78 is 1.64. The Bertz CT molecular complexity index is 779. The maximum Gasteiger partial charge on any atom is 0.326 e. The van der Waals surface area contributed by atoms with Crippen molar-refractivity contribution < 1.29 is 14.7 Å². The largest absolute Gasteiger partial charge is 0.480 e. The SMILES string of the molecule is Cn1nccc1C=CC(=O)N1Cc2ccccc2CC1C(=O)O. The third-order valence-corrected chi connectivity index (χ3v) is 4.07. The van der Waals surface area contributed by atoms with E-state index >= 15 is 0 Å². The molecule has 1 unspecified atom stereocenters. The molecule has 23 heavy (non-hydrogen) atoms. The first-order valence-corrected chi connectivity index (χ1v) is 7.32. The van der Waals surface area contributed by atoms with Crippen LogP contribution in [0.25, 0.3) is 6.08 Å². The van der Waals surface area contributed by atoms with Crippen LogP contribution in [0.4, 0.5) is 0 Å². The maximum absolute atomic E-state index is 12.5. The van der Waals surface area contributed by atoms with Gasteiger partial charge in [0.2, 0.25) is 5.91 Å². The Kier molecular flexibility index (Phi) is 3.97. The lowest BCUT2D eigenvalue weighted by atomic mass is 9.94. The van der Waals surface area contributed by atoms with Gasteiger partial charge in [-0.2, -0.15) is 5.10 Å². The van der Waals surface area contributed by atoms with Crippen LogP contribution in [0.5, 0.6) is 0 Å². The second-order valence-electron chi connectivity index (χ2n) is 5.51. The first kappa shape index (κ1) is 15.0. The molecule has 2 aromatic rings. The van der Waals surface area contributed by atoms with E-state index in [0.717, 1.165) is 16.8 Å². The minimum atomic E-state index is -0.984. The highest BCUT2D eigenvalue weighted by Gasteiger charge is 2.33. The summed E-state index contributed by atoms with van der Waals surface area (Å²) in [6, 6.07) is 8.57. The molecule has 0 radical (unpaired) electrons. The summed E-state index contributed by atoms with van der Waals surface area (Å²) >= 11 is 0. The van der Waals surface area contributed by atoms with Gasteiger partial charge in [-0.25, -0.2) is 4.79 Å². The number of aryl methyl sites for hydroxylation is 1. The van der Waals surface area contributed by atoms with Crippen LogP contribution in [-0.2, 0) is 29.6 Å². The van der Waals surface area contributed by atoms with Gasteiger partial charge in [-0.05, 0) is 23.3 Å². The molecule has 2 heterocycles. The van der Waals surface area contributed by atoms with Crippen molar-refractivity contribution in [3.63, 3.8) is 0 Å². The van der Waals surface area contributed by atoms with Crippen LogP contribution in [0.15, 0.2) is 42.6 Å². The van der Waals surface area contributed by atoms with Gasteiger partial charge in [0.05, 0.1) is 5.69 Å². The van der Waals surface area contributed by atoms with E-state index in [1.807, 2.05) is 24.3 Å². The van der Waals surface area contributed by atoms with E-state index in [4.69, 9.17) is 0 Å². The van der Waals surface area contributed by atoms with Crippen molar-refractivity contribution in [1.82, 2.24) is 14.7 Å². The van der Waals surface area contributed by atoms with E-state index in [1.54, 1.807) is 30.1 Å². The lowest BCUT2D eigenvalue weighted by Gasteiger charge is -2.33. The van der Waals surface area contributed by atoms with Gasteiger partial charge in [0.25, 0.3) is 0 Å². The number of amides is 1. The number of aromatic nitrogens is 2. The van der Waals surface area contributed by atoms with E-state index in [-0.39, 0.29) is 5.91 Å². The van der Waals surface area contributed by atoms with E-state index in [0.29, 0.717) is 13.0 Å². The van der Waals surface area contributed by atoms with Gasteiger partial charge in [-0.1, -0.05) is 24.3 Å². The normalized spacial score (nSPS) is 17.3.